The van der Waals surface area contributed by atoms with E-state index in [9.17, 15) is 9.59 Å². The van der Waals surface area contributed by atoms with Crippen LogP contribution in [0.15, 0.2) is 96.4 Å². The van der Waals surface area contributed by atoms with Gasteiger partial charge in [0.15, 0.2) is 5.13 Å². The van der Waals surface area contributed by atoms with Crippen molar-refractivity contribution < 1.29 is 9.59 Å². The van der Waals surface area contributed by atoms with Gasteiger partial charge in [0.2, 0.25) is 5.91 Å². The van der Waals surface area contributed by atoms with Crippen molar-refractivity contribution >= 4 is 28.4 Å². The second-order valence-corrected chi connectivity index (χ2v) is 11.6. The standard InChI is InChI=1S/C34H39N5O2S/c40-32(36-29-18-10-21-35-24-29)19-11-22-39(34(41)38-33-37-31(25-42-33)28-16-8-3-9-17-28)23-20-30(26-12-4-1-5-13-26)27-14-6-2-7-15-27/h1-9,12-17,25,29-30,35H,10-11,18-24H2,(H,36,40)(H,37,38,41)/t29-/m1/s1. The SMILES string of the molecule is O=C(CCCN(CCC(c1ccccc1)c1ccccc1)C(=O)Nc1nc(-c2ccccc2)cs1)N[C@@H]1CCCNC1. The van der Waals surface area contributed by atoms with Gasteiger partial charge in [-0.05, 0) is 43.4 Å². The summed E-state index contributed by atoms with van der Waals surface area (Å²) < 4.78 is 0. The third kappa shape index (κ3) is 8.50. The number of nitrogens with one attached hydrogen (secondary N) is 3. The molecule has 218 valence electrons. The summed E-state index contributed by atoms with van der Waals surface area (Å²) in [5.41, 5.74) is 4.29. The normalized spacial score (nSPS) is 14.8. The van der Waals surface area contributed by atoms with E-state index in [1.54, 1.807) is 0 Å². The van der Waals surface area contributed by atoms with E-state index in [0.717, 1.165) is 43.6 Å². The number of anilines is 1. The second kappa shape index (κ2) is 15.3. The Kier molecular flexibility index (Phi) is 10.7. The van der Waals surface area contributed by atoms with E-state index in [1.165, 1.54) is 22.5 Å². The van der Waals surface area contributed by atoms with Crippen molar-refractivity contribution in [1.29, 1.82) is 0 Å². The van der Waals surface area contributed by atoms with Crippen LogP contribution in [-0.2, 0) is 4.79 Å². The van der Waals surface area contributed by atoms with Gasteiger partial charge in [-0.15, -0.1) is 11.3 Å². The number of hydrogen-bond acceptors (Lipinski definition) is 5. The molecule has 1 aliphatic rings. The van der Waals surface area contributed by atoms with Gasteiger partial charge in [0.1, 0.15) is 0 Å². The minimum Gasteiger partial charge on any atom is -0.352 e. The van der Waals surface area contributed by atoms with E-state index in [0.29, 0.717) is 31.1 Å². The van der Waals surface area contributed by atoms with Crippen LogP contribution in [0.5, 0.6) is 0 Å². The zero-order chi connectivity index (χ0) is 29.0. The molecule has 3 aromatic carbocycles. The Morgan fingerprint density at radius 3 is 2.24 bits per heavy atom. The van der Waals surface area contributed by atoms with Gasteiger partial charge in [-0.2, -0.15) is 0 Å². The van der Waals surface area contributed by atoms with Gasteiger partial charge in [-0.3, -0.25) is 10.1 Å². The first kappa shape index (κ1) is 29.5. The highest BCUT2D eigenvalue weighted by molar-refractivity contribution is 7.14. The van der Waals surface area contributed by atoms with Crippen LogP contribution in [-0.4, -0.2) is 54.0 Å². The predicted molar refractivity (Wildman–Crippen MR) is 171 cm³/mol. The molecule has 8 heteroatoms. The van der Waals surface area contributed by atoms with Crippen molar-refractivity contribution in [2.24, 2.45) is 0 Å². The molecule has 1 saturated heterocycles. The van der Waals surface area contributed by atoms with Crippen LogP contribution in [0.4, 0.5) is 9.93 Å². The Labute approximate surface area is 252 Å². The van der Waals surface area contributed by atoms with Crippen molar-refractivity contribution in [3.63, 3.8) is 0 Å². The third-order valence-electron chi connectivity index (χ3n) is 7.66. The molecule has 2 heterocycles. The summed E-state index contributed by atoms with van der Waals surface area (Å²) in [6.07, 6.45) is 3.82. The molecule has 0 radical (unpaired) electrons. The summed E-state index contributed by atoms with van der Waals surface area (Å²) in [7, 11) is 0. The number of amides is 3. The molecule has 0 aliphatic carbocycles. The van der Waals surface area contributed by atoms with Crippen molar-refractivity contribution in [3.8, 4) is 11.3 Å². The number of rotatable bonds is 12. The van der Waals surface area contributed by atoms with E-state index in [1.807, 2.05) is 52.7 Å². The van der Waals surface area contributed by atoms with Gasteiger partial charge in [-0.25, -0.2) is 9.78 Å². The molecule has 3 N–H and O–H groups in total. The number of hydrogen-bond donors (Lipinski definition) is 3. The summed E-state index contributed by atoms with van der Waals surface area (Å²) >= 11 is 1.42. The smallest absolute Gasteiger partial charge is 0.323 e. The molecule has 0 spiro atoms. The van der Waals surface area contributed by atoms with Crippen LogP contribution in [0.2, 0.25) is 0 Å². The minimum atomic E-state index is -0.194. The lowest BCUT2D eigenvalue weighted by Crippen LogP contribution is -2.45. The molecule has 1 fully saturated rings. The van der Waals surface area contributed by atoms with E-state index in [-0.39, 0.29) is 23.9 Å². The topological polar surface area (TPSA) is 86.4 Å². The van der Waals surface area contributed by atoms with Crippen molar-refractivity contribution in [1.82, 2.24) is 20.5 Å². The zero-order valence-electron chi connectivity index (χ0n) is 23.9. The zero-order valence-corrected chi connectivity index (χ0v) is 24.7. The quantitative estimate of drug-likeness (QED) is 0.178. The molecule has 0 bridgehead atoms. The third-order valence-corrected chi connectivity index (χ3v) is 8.42. The summed E-state index contributed by atoms with van der Waals surface area (Å²) in [6.45, 7) is 2.86. The van der Waals surface area contributed by atoms with Crippen LogP contribution < -0.4 is 16.0 Å². The van der Waals surface area contributed by atoms with Crippen molar-refractivity contribution in [2.75, 3.05) is 31.5 Å². The van der Waals surface area contributed by atoms with Gasteiger partial charge in [0.25, 0.3) is 0 Å². The first-order valence-corrected chi connectivity index (χ1v) is 15.7. The number of thiazole rings is 1. The molecule has 0 unspecified atom stereocenters. The van der Waals surface area contributed by atoms with Crippen LogP contribution >= 0.6 is 11.3 Å². The molecule has 3 amide bonds. The number of piperidine rings is 1. The molecule has 1 aliphatic heterocycles. The maximum absolute atomic E-state index is 13.6. The van der Waals surface area contributed by atoms with E-state index in [2.05, 4.69) is 69.5 Å². The molecular weight excluding hydrogens is 542 g/mol. The largest absolute Gasteiger partial charge is 0.352 e. The lowest BCUT2D eigenvalue weighted by atomic mass is 9.88. The first-order chi connectivity index (χ1) is 20.7. The molecule has 1 aromatic heterocycles. The molecule has 0 saturated carbocycles. The molecule has 5 rings (SSSR count). The number of carbonyl (C=O) groups is 2. The number of aromatic nitrogens is 1. The Morgan fingerprint density at radius 1 is 0.929 bits per heavy atom. The Balaban J connectivity index is 1.26. The minimum absolute atomic E-state index is 0.0444. The molecule has 42 heavy (non-hydrogen) atoms. The highest BCUT2D eigenvalue weighted by Gasteiger charge is 2.21. The summed E-state index contributed by atoms with van der Waals surface area (Å²) in [6, 6.07) is 30.8. The van der Waals surface area contributed by atoms with E-state index in [4.69, 9.17) is 0 Å². The van der Waals surface area contributed by atoms with Gasteiger partial charge in [-0.1, -0.05) is 91.0 Å². The van der Waals surface area contributed by atoms with Gasteiger partial charge >= 0.3 is 6.03 Å². The number of urea groups is 1. The maximum Gasteiger partial charge on any atom is 0.323 e. The van der Waals surface area contributed by atoms with Crippen LogP contribution in [0, 0.1) is 0 Å². The second-order valence-electron chi connectivity index (χ2n) is 10.7. The van der Waals surface area contributed by atoms with E-state index < -0.39 is 0 Å². The predicted octanol–water partition coefficient (Wildman–Crippen LogP) is 6.51. The fraction of sp³-hybridized carbons (Fsp3) is 0.324. The Hall–Kier alpha value is -4.01. The number of benzene rings is 3. The lowest BCUT2D eigenvalue weighted by molar-refractivity contribution is -0.122. The van der Waals surface area contributed by atoms with Gasteiger partial charge in [0.05, 0.1) is 5.69 Å². The monoisotopic (exact) mass is 581 g/mol. The van der Waals surface area contributed by atoms with Gasteiger partial charge in [0, 0.05) is 49.0 Å². The average molecular weight is 582 g/mol. The molecule has 7 nitrogen and oxygen atoms in total. The summed E-state index contributed by atoms with van der Waals surface area (Å²) in [5.74, 6) is 0.192. The maximum atomic E-state index is 13.6. The molecule has 4 aromatic rings. The van der Waals surface area contributed by atoms with Crippen LogP contribution in [0.3, 0.4) is 0 Å². The highest BCUT2D eigenvalue weighted by atomic mass is 32.1. The molecule has 1 atom stereocenters. The Bertz CT molecular complexity index is 1350. The fourth-order valence-corrected chi connectivity index (χ4v) is 6.15. The van der Waals surface area contributed by atoms with Crippen molar-refractivity contribution in [2.45, 2.75) is 44.1 Å². The van der Waals surface area contributed by atoms with E-state index >= 15 is 0 Å². The van der Waals surface area contributed by atoms with Gasteiger partial charge < -0.3 is 15.5 Å². The fourth-order valence-electron chi connectivity index (χ4n) is 5.44. The highest BCUT2D eigenvalue weighted by Crippen LogP contribution is 2.29. The first-order valence-electron chi connectivity index (χ1n) is 14.8. The van der Waals surface area contributed by atoms with Crippen LogP contribution in [0.1, 0.15) is 49.1 Å². The average Bonchev–Trinajstić information content (AvgIpc) is 3.50. The number of nitrogens with zero attached hydrogens (tertiary/aromatic N) is 2. The van der Waals surface area contributed by atoms with Crippen LogP contribution in [0.25, 0.3) is 11.3 Å². The Morgan fingerprint density at radius 2 is 1.60 bits per heavy atom. The summed E-state index contributed by atoms with van der Waals surface area (Å²) in [5, 5.41) is 12.0. The van der Waals surface area contributed by atoms with Crippen molar-refractivity contribution in [3.05, 3.63) is 108 Å². The molecular formula is C34H39N5O2S. The summed E-state index contributed by atoms with van der Waals surface area (Å²) in [4.78, 5) is 32.8. The lowest BCUT2D eigenvalue weighted by Gasteiger charge is -2.26. The number of carbonyl (C=O) groups excluding carboxylic acids is 2.